The number of carboxylic acids is 1. The number of aromatic hydroxyl groups is 1. The number of rotatable bonds is 6. The zero-order chi connectivity index (χ0) is 23.5. The minimum atomic E-state index is -4.42. The molecule has 0 atom stereocenters. The number of nitrogens with zero attached hydrogens (tertiary/aromatic N) is 3. The molecular weight excluding hydrogens is 429 g/mol. The lowest BCUT2D eigenvalue weighted by molar-refractivity contribution is -0.137. The van der Waals surface area contributed by atoms with Gasteiger partial charge in [0.25, 0.3) is 5.91 Å². The summed E-state index contributed by atoms with van der Waals surface area (Å²) in [6, 6.07) is 7.95. The van der Waals surface area contributed by atoms with Crippen LogP contribution in [0.15, 0.2) is 42.6 Å². The van der Waals surface area contributed by atoms with Gasteiger partial charge in [0.1, 0.15) is 12.4 Å². The number of carbonyl (C=O) groups is 2. The molecule has 2 aromatic heterocycles. The van der Waals surface area contributed by atoms with Gasteiger partial charge in [-0.1, -0.05) is 18.2 Å². The van der Waals surface area contributed by atoms with Gasteiger partial charge < -0.3 is 15.5 Å². The van der Waals surface area contributed by atoms with E-state index in [4.69, 9.17) is 5.11 Å². The maximum Gasteiger partial charge on any atom is 0.416 e. The molecular formula is C21H17F3N4O4. The van der Waals surface area contributed by atoms with Crippen molar-refractivity contribution < 1.29 is 33.0 Å². The minimum absolute atomic E-state index is 0.143. The average Bonchev–Trinajstić information content (AvgIpc) is 2.74. The Labute approximate surface area is 179 Å². The Morgan fingerprint density at radius 1 is 1.06 bits per heavy atom. The number of aromatic nitrogens is 3. The molecule has 8 nitrogen and oxygen atoms in total. The first-order chi connectivity index (χ1) is 15.0. The van der Waals surface area contributed by atoms with E-state index in [0.29, 0.717) is 16.8 Å². The topological polar surface area (TPSA) is 125 Å². The van der Waals surface area contributed by atoms with Gasteiger partial charge in [-0.05, 0) is 30.7 Å². The molecule has 0 aliphatic heterocycles. The van der Waals surface area contributed by atoms with E-state index in [1.54, 1.807) is 12.1 Å². The molecule has 0 saturated carbocycles. The first kappa shape index (κ1) is 22.7. The molecule has 1 amide bonds. The van der Waals surface area contributed by atoms with E-state index in [1.807, 2.05) is 0 Å². The largest absolute Gasteiger partial charge is 0.504 e. The molecule has 166 valence electrons. The van der Waals surface area contributed by atoms with Crippen LogP contribution < -0.4 is 5.32 Å². The molecule has 0 aliphatic rings. The number of halogens is 3. The summed E-state index contributed by atoms with van der Waals surface area (Å²) in [5.41, 5.74) is 0.689. The zero-order valence-corrected chi connectivity index (χ0v) is 16.6. The highest BCUT2D eigenvalue weighted by Crippen LogP contribution is 2.30. The fraction of sp³-hybridized carbons (Fsp3) is 0.190. The molecule has 1 aromatic carbocycles. The fourth-order valence-electron chi connectivity index (χ4n) is 2.81. The molecule has 0 aliphatic carbocycles. The number of aliphatic carboxylic acids is 1. The second-order valence-electron chi connectivity index (χ2n) is 6.80. The Hall–Kier alpha value is -4.02. The summed E-state index contributed by atoms with van der Waals surface area (Å²) in [7, 11) is 0. The third kappa shape index (κ3) is 5.36. The van der Waals surface area contributed by atoms with Crippen LogP contribution in [0.5, 0.6) is 5.75 Å². The molecule has 0 radical (unpaired) electrons. The normalized spacial score (nSPS) is 11.2. The number of carbonyl (C=O) groups excluding carboxylic acids is 1. The van der Waals surface area contributed by atoms with E-state index in [-0.39, 0.29) is 23.6 Å². The standard InChI is InChI=1S/C21H17F3N4O4/c1-11-19(31)18(20(32)26-10-17(29)30)28-16(27-11)8-12-2-7-15(25-9-12)13-3-5-14(6-4-13)21(22,23)24/h2-7,9,31H,8,10H2,1H3,(H,26,32)(H,29,30). The molecule has 3 aromatic rings. The van der Waals surface area contributed by atoms with Crippen molar-refractivity contribution in [3.05, 3.63) is 70.9 Å². The minimum Gasteiger partial charge on any atom is -0.504 e. The van der Waals surface area contributed by atoms with E-state index < -0.39 is 35.9 Å². The van der Waals surface area contributed by atoms with Crippen molar-refractivity contribution in [1.82, 2.24) is 20.3 Å². The molecule has 0 bridgehead atoms. The van der Waals surface area contributed by atoms with Gasteiger partial charge in [0.15, 0.2) is 11.4 Å². The quantitative estimate of drug-likeness (QED) is 0.532. The molecule has 3 N–H and O–H groups in total. The predicted octanol–water partition coefficient (Wildman–Crippen LogP) is 2.98. The predicted molar refractivity (Wildman–Crippen MR) is 106 cm³/mol. The number of nitrogens with one attached hydrogen (secondary N) is 1. The van der Waals surface area contributed by atoms with Crippen LogP contribution in [0.25, 0.3) is 11.3 Å². The number of alkyl halides is 3. The van der Waals surface area contributed by atoms with Crippen LogP contribution in [0.2, 0.25) is 0 Å². The highest BCUT2D eigenvalue weighted by molar-refractivity contribution is 5.96. The van der Waals surface area contributed by atoms with Crippen LogP contribution in [0.4, 0.5) is 13.2 Å². The second-order valence-corrected chi connectivity index (χ2v) is 6.80. The molecule has 3 rings (SSSR count). The molecule has 0 spiro atoms. The maximum atomic E-state index is 12.7. The van der Waals surface area contributed by atoms with Crippen molar-refractivity contribution in [2.75, 3.05) is 6.54 Å². The second kappa shape index (κ2) is 9.00. The van der Waals surface area contributed by atoms with E-state index >= 15 is 0 Å². The van der Waals surface area contributed by atoms with Crippen molar-refractivity contribution >= 4 is 11.9 Å². The Balaban J connectivity index is 1.78. The lowest BCUT2D eigenvalue weighted by atomic mass is 10.1. The summed E-state index contributed by atoms with van der Waals surface area (Å²) in [4.78, 5) is 35.1. The van der Waals surface area contributed by atoms with Crippen LogP contribution in [0.1, 0.15) is 33.1 Å². The number of amides is 1. The van der Waals surface area contributed by atoms with Crippen LogP contribution in [0.3, 0.4) is 0 Å². The number of pyridine rings is 1. The molecule has 11 heteroatoms. The fourth-order valence-corrected chi connectivity index (χ4v) is 2.81. The van der Waals surface area contributed by atoms with Gasteiger partial charge in [-0.25, -0.2) is 9.97 Å². The molecule has 0 unspecified atom stereocenters. The third-order valence-corrected chi connectivity index (χ3v) is 4.41. The van der Waals surface area contributed by atoms with E-state index in [9.17, 15) is 27.9 Å². The Morgan fingerprint density at radius 2 is 1.75 bits per heavy atom. The van der Waals surface area contributed by atoms with Crippen LogP contribution >= 0.6 is 0 Å². The lowest BCUT2D eigenvalue weighted by Crippen LogP contribution is -2.30. The number of benzene rings is 1. The van der Waals surface area contributed by atoms with Gasteiger partial charge in [0, 0.05) is 18.2 Å². The van der Waals surface area contributed by atoms with E-state index in [1.165, 1.54) is 25.3 Å². The monoisotopic (exact) mass is 446 g/mol. The molecule has 0 saturated heterocycles. The first-order valence-corrected chi connectivity index (χ1v) is 9.23. The highest BCUT2D eigenvalue weighted by Gasteiger charge is 2.30. The van der Waals surface area contributed by atoms with Crippen molar-refractivity contribution in [3.8, 4) is 17.0 Å². The SMILES string of the molecule is Cc1nc(Cc2ccc(-c3ccc(C(F)(F)F)cc3)nc2)nc(C(=O)NCC(=O)O)c1O. The summed E-state index contributed by atoms with van der Waals surface area (Å²) in [5, 5.41) is 20.8. The average molecular weight is 446 g/mol. The third-order valence-electron chi connectivity index (χ3n) is 4.41. The summed E-state index contributed by atoms with van der Waals surface area (Å²) in [6.45, 7) is 0.840. The summed E-state index contributed by atoms with van der Waals surface area (Å²) in [5.74, 6) is -2.35. The van der Waals surface area contributed by atoms with E-state index in [2.05, 4.69) is 20.3 Å². The van der Waals surface area contributed by atoms with Gasteiger partial charge in [0.05, 0.1) is 17.0 Å². The van der Waals surface area contributed by atoms with Crippen LogP contribution in [0, 0.1) is 6.92 Å². The van der Waals surface area contributed by atoms with E-state index in [0.717, 1.165) is 12.1 Å². The van der Waals surface area contributed by atoms with Crippen molar-refractivity contribution in [1.29, 1.82) is 0 Å². The number of hydrogen-bond donors (Lipinski definition) is 3. The number of carboxylic acid groups (broad SMARTS) is 1. The molecule has 32 heavy (non-hydrogen) atoms. The van der Waals surface area contributed by atoms with Crippen LogP contribution in [-0.4, -0.2) is 43.6 Å². The molecule has 2 heterocycles. The van der Waals surface area contributed by atoms with Crippen molar-refractivity contribution in [2.24, 2.45) is 0 Å². The van der Waals surface area contributed by atoms with Gasteiger partial charge in [0.2, 0.25) is 0 Å². The first-order valence-electron chi connectivity index (χ1n) is 9.23. The Morgan fingerprint density at radius 3 is 2.31 bits per heavy atom. The summed E-state index contributed by atoms with van der Waals surface area (Å²) >= 11 is 0. The smallest absolute Gasteiger partial charge is 0.416 e. The number of hydrogen-bond acceptors (Lipinski definition) is 6. The summed E-state index contributed by atoms with van der Waals surface area (Å²) < 4.78 is 38.1. The van der Waals surface area contributed by atoms with Gasteiger partial charge in [-0.15, -0.1) is 0 Å². The van der Waals surface area contributed by atoms with Crippen molar-refractivity contribution in [2.45, 2.75) is 19.5 Å². The summed E-state index contributed by atoms with van der Waals surface area (Å²) in [6.07, 6.45) is -2.76. The lowest BCUT2D eigenvalue weighted by Gasteiger charge is -2.10. The van der Waals surface area contributed by atoms with Gasteiger partial charge in [-0.2, -0.15) is 13.2 Å². The maximum absolute atomic E-state index is 12.7. The highest BCUT2D eigenvalue weighted by atomic mass is 19.4. The number of aryl methyl sites for hydroxylation is 1. The molecule has 0 fully saturated rings. The zero-order valence-electron chi connectivity index (χ0n) is 16.6. The van der Waals surface area contributed by atoms with Gasteiger partial charge in [-0.3, -0.25) is 14.6 Å². The van der Waals surface area contributed by atoms with Crippen molar-refractivity contribution in [3.63, 3.8) is 0 Å². The van der Waals surface area contributed by atoms with Crippen LogP contribution in [-0.2, 0) is 17.4 Å². The Bertz CT molecular complexity index is 1150. The Kier molecular flexibility index (Phi) is 6.37. The van der Waals surface area contributed by atoms with Gasteiger partial charge >= 0.3 is 12.1 Å².